The van der Waals surface area contributed by atoms with E-state index in [1.54, 1.807) is 0 Å². The molecular formula is C19H15IN2. The predicted molar refractivity (Wildman–Crippen MR) is 102 cm³/mol. The van der Waals surface area contributed by atoms with E-state index in [1.807, 2.05) is 72.8 Å². The van der Waals surface area contributed by atoms with E-state index in [-0.39, 0.29) is 0 Å². The van der Waals surface area contributed by atoms with Gasteiger partial charge in [0.15, 0.2) is 0 Å². The van der Waals surface area contributed by atoms with Crippen LogP contribution < -0.4 is 5.32 Å². The number of benzene rings is 3. The highest BCUT2D eigenvalue weighted by molar-refractivity contribution is 14.1. The first-order valence-electron chi connectivity index (χ1n) is 7.03. The summed E-state index contributed by atoms with van der Waals surface area (Å²) in [5, 5.41) is 3.43. The first-order valence-corrected chi connectivity index (χ1v) is 8.11. The van der Waals surface area contributed by atoms with Gasteiger partial charge in [-0.15, -0.1) is 0 Å². The van der Waals surface area contributed by atoms with E-state index in [2.05, 4.69) is 40.0 Å². The zero-order chi connectivity index (χ0) is 15.2. The first-order chi connectivity index (χ1) is 10.8. The number of rotatable bonds is 3. The lowest BCUT2D eigenvalue weighted by Crippen LogP contribution is -2.14. The molecule has 0 aliphatic carbocycles. The fourth-order valence-electron chi connectivity index (χ4n) is 2.10. The Morgan fingerprint density at radius 1 is 0.727 bits per heavy atom. The lowest BCUT2D eigenvalue weighted by molar-refractivity contribution is 1.45. The number of amidine groups is 1. The average Bonchev–Trinajstić information content (AvgIpc) is 2.57. The third kappa shape index (κ3) is 3.74. The lowest BCUT2D eigenvalue weighted by Gasteiger charge is -2.12. The van der Waals surface area contributed by atoms with Gasteiger partial charge in [0, 0.05) is 14.8 Å². The van der Waals surface area contributed by atoms with Crippen LogP contribution in [0.25, 0.3) is 0 Å². The van der Waals surface area contributed by atoms with E-state index >= 15 is 0 Å². The predicted octanol–water partition coefficient (Wildman–Crippen LogP) is 5.48. The summed E-state index contributed by atoms with van der Waals surface area (Å²) in [5.41, 5.74) is 3.05. The highest BCUT2D eigenvalue weighted by atomic mass is 127. The number of anilines is 1. The molecule has 3 rings (SSSR count). The van der Waals surface area contributed by atoms with Crippen molar-refractivity contribution < 1.29 is 0 Å². The Kier molecular flexibility index (Phi) is 4.85. The van der Waals surface area contributed by atoms with E-state index in [9.17, 15) is 0 Å². The molecule has 3 heteroatoms. The molecule has 1 N–H and O–H groups in total. The van der Waals surface area contributed by atoms with Crippen LogP contribution in [-0.4, -0.2) is 5.84 Å². The molecule has 0 saturated heterocycles. The minimum absolute atomic E-state index is 0.849. The summed E-state index contributed by atoms with van der Waals surface area (Å²) >= 11 is 2.34. The molecule has 108 valence electrons. The zero-order valence-corrected chi connectivity index (χ0v) is 14.1. The van der Waals surface area contributed by atoms with Gasteiger partial charge in [0.25, 0.3) is 0 Å². The molecule has 0 unspecified atom stereocenters. The largest absolute Gasteiger partial charge is 0.340 e. The number of nitrogens with zero attached hydrogens (tertiary/aromatic N) is 1. The van der Waals surface area contributed by atoms with Crippen molar-refractivity contribution in [2.24, 2.45) is 4.99 Å². The molecule has 0 fully saturated rings. The number of hydrogen-bond donors (Lipinski definition) is 1. The number of halogens is 1. The van der Waals surface area contributed by atoms with Crippen LogP contribution >= 0.6 is 22.6 Å². The van der Waals surface area contributed by atoms with Crippen LogP contribution in [0.15, 0.2) is 89.9 Å². The molecule has 0 radical (unpaired) electrons. The minimum Gasteiger partial charge on any atom is -0.340 e. The van der Waals surface area contributed by atoms with Gasteiger partial charge >= 0.3 is 0 Å². The van der Waals surface area contributed by atoms with Gasteiger partial charge in [0.1, 0.15) is 5.84 Å². The van der Waals surface area contributed by atoms with Crippen molar-refractivity contribution in [2.45, 2.75) is 0 Å². The zero-order valence-electron chi connectivity index (χ0n) is 11.9. The molecule has 2 nitrogen and oxygen atoms in total. The number of aliphatic imine (C=N–C) groups is 1. The maximum absolute atomic E-state index is 4.79. The molecule has 0 aliphatic heterocycles. The van der Waals surface area contributed by atoms with Crippen molar-refractivity contribution in [1.29, 1.82) is 0 Å². The molecule has 0 amide bonds. The highest BCUT2D eigenvalue weighted by Gasteiger charge is 2.08. The molecule has 0 spiro atoms. The van der Waals surface area contributed by atoms with Gasteiger partial charge in [-0.1, -0.05) is 54.6 Å². The van der Waals surface area contributed by atoms with Crippen LogP contribution in [0, 0.1) is 3.57 Å². The first kappa shape index (κ1) is 14.8. The Hall–Kier alpha value is -2.14. The summed E-state index contributed by atoms with van der Waals surface area (Å²) in [6.07, 6.45) is 0. The van der Waals surface area contributed by atoms with Gasteiger partial charge < -0.3 is 5.32 Å². The molecule has 0 aliphatic rings. The second-order valence-electron chi connectivity index (χ2n) is 4.77. The van der Waals surface area contributed by atoms with E-state index in [1.165, 1.54) is 3.57 Å². The van der Waals surface area contributed by atoms with Crippen LogP contribution in [-0.2, 0) is 0 Å². The third-order valence-corrected chi connectivity index (χ3v) is 4.10. The fraction of sp³-hybridized carbons (Fsp3) is 0. The maximum atomic E-state index is 4.79. The third-order valence-electron chi connectivity index (χ3n) is 3.16. The van der Waals surface area contributed by atoms with Crippen molar-refractivity contribution >= 4 is 39.8 Å². The molecular weight excluding hydrogens is 383 g/mol. The Bertz CT molecular complexity index is 768. The van der Waals surface area contributed by atoms with Crippen LogP contribution in [0.5, 0.6) is 0 Å². The Balaban J connectivity index is 2.03. The second kappa shape index (κ2) is 7.22. The van der Waals surface area contributed by atoms with Gasteiger partial charge in [-0.3, -0.25) is 0 Å². The van der Waals surface area contributed by atoms with Crippen LogP contribution in [0.4, 0.5) is 11.4 Å². The topological polar surface area (TPSA) is 24.4 Å². The fourth-order valence-corrected chi connectivity index (χ4v) is 2.74. The van der Waals surface area contributed by atoms with Crippen molar-refractivity contribution in [3.05, 3.63) is 94.1 Å². The standard InChI is InChI=1S/C19H15IN2/c20-18-14-8-7-13-17(18)19(21-15-9-3-1-4-10-15)22-16-11-5-2-6-12-16/h1-14H,(H,21,22). The molecule has 0 bridgehead atoms. The quantitative estimate of drug-likeness (QED) is 0.353. The smallest absolute Gasteiger partial charge is 0.139 e. The van der Waals surface area contributed by atoms with Gasteiger partial charge in [0.05, 0.1) is 5.69 Å². The van der Waals surface area contributed by atoms with Crippen LogP contribution in [0.3, 0.4) is 0 Å². The summed E-state index contributed by atoms with van der Waals surface area (Å²) in [4.78, 5) is 4.79. The summed E-state index contributed by atoms with van der Waals surface area (Å²) in [6.45, 7) is 0. The highest BCUT2D eigenvalue weighted by Crippen LogP contribution is 2.19. The SMILES string of the molecule is Ic1ccccc1C(=Nc1ccccc1)Nc1ccccc1. The monoisotopic (exact) mass is 398 g/mol. The lowest BCUT2D eigenvalue weighted by atomic mass is 10.2. The Morgan fingerprint density at radius 3 is 2.00 bits per heavy atom. The van der Waals surface area contributed by atoms with Gasteiger partial charge in [0.2, 0.25) is 0 Å². The molecule has 0 atom stereocenters. The normalized spacial score (nSPS) is 11.2. The van der Waals surface area contributed by atoms with Crippen LogP contribution in [0.2, 0.25) is 0 Å². The summed E-state index contributed by atoms with van der Waals surface area (Å²) in [5.74, 6) is 0.849. The Labute approximate surface area is 144 Å². The van der Waals surface area contributed by atoms with Gasteiger partial charge in [-0.25, -0.2) is 4.99 Å². The summed E-state index contributed by atoms with van der Waals surface area (Å²) in [6, 6.07) is 28.3. The minimum atomic E-state index is 0.849. The van der Waals surface area contributed by atoms with Crippen molar-refractivity contribution in [3.63, 3.8) is 0 Å². The van der Waals surface area contributed by atoms with Crippen molar-refractivity contribution in [2.75, 3.05) is 5.32 Å². The molecule has 3 aromatic carbocycles. The summed E-state index contributed by atoms with van der Waals surface area (Å²) < 4.78 is 1.17. The van der Waals surface area contributed by atoms with E-state index in [0.29, 0.717) is 0 Å². The van der Waals surface area contributed by atoms with E-state index in [0.717, 1.165) is 22.8 Å². The van der Waals surface area contributed by atoms with E-state index in [4.69, 9.17) is 4.99 Å². The molecule has 0 heterocycles. The summed E-state index contributed by atoms with van der Waals surface area (Å²) in [7, 11) is 0. The van der Waals surface area contributed by atoms with Crippen molar-refractivity contribution in [1.82, 2.24) is 0 Å². The second-order valence-corrected chi connectivity index (χ2v) is 5.93. The average molecular weight is 398 g/mol. The molecule has 22 heavy (non-hydrogen) atoms. The van der Waals surface area contributed by atoms with Crippen LogP contribution in [0.1, 0.15) is 5.56 Å². The van der Waals surface area contributed by atoms with Gasteiger partial charge in [-0.05, 0) is 52.9 Å². The number of nitrogens with one attached hydrogen (secondary N) is 1. The van der Waals surface area contributed by atoms with Crippen molar-refractivity contribution in [3.8, 4) is 0 Å². The number of hydrogen-bond acceptors (Lipinski definition) is 1. The van der Waals surface area contributed by atoms with Gasteiger partial charge in [-0.2, -0.15) is 0 Å². The molecule has 0 aromatic heterocycles. The molecule has 0 saturated carbocycles. The van der Waals surface area contributed by atoms with E-state index < -0.39 is 0 Å². The number of para-hydroxylation sites is 2. The molecule has 3 aromatic rings. The Morgan fingerprint density at radius 2 is 1.32 bits per heavy atom. The maximum Gasteiger partial charge on any atom is 0.139 e.